The van der Waals surface area contributed by atoms with E-state index in [0.717, 1.165) is 122 Å². The van der Waals surface area contributed by atoms with Crippen molar-refractivity contribution in [3.05, 3.63) is 109 Å². The SMILES string of the molecule is CC/C=C\C/C=C\C/C=C\C/C=C\CCCCCCCCC(=O)OCC(COCCCCCCCC/C=C\CCCC)OC(=O)CCCCCC/C=C\C/C=C\C/C=C\C/C=C\CC. The second kappa shape index (κ2) is 53.9. The number of carbonyl (C=O) groups excluding carboxylic acids is 2. The van der Waals surface area contributed by atoms with Gasteiger partial charge in [0.1, 0.15) is 6.61 Å². The summed E-state index contributed by atoms with van der Waals surface area (Å²) in [4.78, 5) is 25.4. The van der Waals surface area contributed by atoms with E-state index < -0.39 is 6.10 Å². The first-order chi connectivity index (χ1) is 31.6. The fourth-order valence-electron chi connectivity index (χ4n) is 6.88. The summed E-state index contributed by atoms with van der Waals surface area (Å²) < 4.78 is 17.4. The zero-order valence-corrected chi connectivity index (χ0v) is 41.8. The lowest BCUT2D eigenvalue weighted by Gasteiger charge is -2.18. The molecule has 0 heterocycles. The maximum Gasteiger partial charge on any atom is 0.306 e. The van der Waals surface area contributed by atoms with Gasteiger partial charge < -0.3 is 14.2 Å². The van der Waals surface area contributed by atoms with Crippen LogP contribution in [0.1, 0.15) is 226 Å². The molecule has 0 aliphatic carbocycles. The molecule has 5 heteroatoms. The Morgan fingerprint density at radius 2 is 0.703 bits per heavy atom. The average molecular weight is 887 g/mol. The maximum absolute atomic E-state index is 12.8. The van der Waals surface area contributed by atoms with Crippen molar-refractivity contribution in [1.29, 1.82) is 0 Å². The molecule has 0 aromatic heterocycles. The molecule has 1 unspecified atom stereocenters. The quantitative estimate of drug-likeness (QED) is 0.0346. The molecule has 0 rings (SSSR count). The Morgan fingerprint density at radius 3 is 1.14 bits per heavy atom. The summed E-state index contributed by atoms with van der Waals surface area (Å²) in [5.74, 6) is -0.448. The van der Waals surface area contributed by atoms with Gasteiger partial charge in [-0.1, -0.05) is 207 Å². The van der Waals surface area contributed by atoms with E-state index in [2.05, 4.69) is 130 Å². The lowest BCUT2D eigenvalue weighted by Crippen LogP contribution is -2.30. The van der Waals surface area contributed by atoms with E-state index in [1.165, 1.54) is 70.6 Å². The van der Waals surface area contributed by atoms with Crippen LogP contribution in [-0.2, 0) is 23.8 Å². The summed E-state index contributed by atoms with van der Waals surface area (Å²) in [5.41, 5.74) is 0. The maximum atomic E-state index is 12.8. The number of carbonyl (C=O) groups is 2. The summed E-state index contributed by atoms with van der Waals surface area (Å²) in [6.07, 6.45) is 73.8. The minimum atomic E-state index is -0.565. The molecule has 0 aromatic rings. The van der Waals surface area contributed by atoms with Gasteiger partial charge in [0, 0.05) is 19.4 Å². The fourth-order valence-corrected chi connectivity index (χ4v) is 6.88. The molecule has 0 fully saturated rings. The van der Waals surface area contributed by atoms with Gasteiger partial charge in [-0.15, -0.1) is 0 Å². The summed E-state index contributed by atoms with van der Waals surface area (Å²) in [7, 11) is 0. The molecule has 0 spiro atoms. The third-order valence-electron chi connectivity index (χ3n) is 10.8. The van der Waals surface area contributed by atoms with Crippen LogP contribution in [0.15, 0.2) is 109 Å². The third-order valence-corrected chi connectivity index (χ3v) is 10.8. The molecule has 0 aliphatic rings. The van der Waals surface area contributed by atoms with Gasteiger partial charge in [0.05, 0.1) is 6.61 Å². The van der Waals surface area contributed by atoms with Crippen molar-refractivity contribution in [1.82, 2.24) is 0 Å². The van der Waals surface area contributed by atoms with Crippen molar-refractivity contribution in [2.24, 2.45) is 0 Å². The minimum absolute atomic E-state index is 0.0592. The van der Waals surface area contributed by atoms with Gasteiger partial charge in [0.15, 0.2) is 6.10 Å². The lowest BCUT2D eigenvalue weighted by molar-refractivity contribution is -0.163. The fraction of sp³-hybridized carbons (Fsp3) is 0.661. The summed E-state index contributed by atoms with van der Waals surface area (Å²) in [5, 5.41) is 0. The van der Waals surface area contributed by atoms with E-state index in [-0.39, 0.29) is 25.2 Å². The molecule has 0 saturated carbocycles. The van der Waals surface area contributed by atoms with Crippen molar-refractivity contribution < 1.29 is 23.8 Å². The number of rotatable bonds is 47. The Bertz CT molecular complexity index is 1280. The van der Waals surface area contributed by atoms with Crippen LogP contribution in [0.25, 0.3) is 0 Å². The van der Waals surface area contributed by atoms with E-state index in [4.69, 9.17) is 14.2 Å². The number of allylic oxidation sites excluding steroid dienone is 18. The van der Waals surface area contributed by atoms with Crippen LogP contribution in [-0.4, -0.2) is 37.9 Å². The molecule has 1 atom stereocenters. The molecule has 0 saturated heterocycles. The van der Waals surface area contributed by atoms with E-state index in [9.17, 15) is 9.59 Å². The standard InChI is InChI=1S/C59H98O5/c1-4-7-10-13-16-19-22-25-27-29-30-32-33-35-37-40-43-46-49-52-58(60)63-56-57(55-62-54-51-48-45-42-39-24-21-18-15-12-9-6-3)64-59(61)53-50-47-44-41-38-36-34-31-28-26-23-20-17-14-11-8-5-2/h7-8,10-11,15-20,25-28,30,32,34,36,57H,4-6,9,12-14,21-24,29,31,33,35,37-56H2,1-3H3/b10-7-,11-8-,18-15-,19-16-,20-17-,27-25-,28-26-,32-30-,36-34-. The highest BCUT2D eigenvalue weighted by Crippen LogP contribution is 2.13. The molecule has 64 heavy (non-hydrogen) atoms. The van der Waals surface area contributed by atoms with Gasteiger partial charge in [0.25, 0.3) is 0 Å². The number of ether oxygens (including phenoxy) is 3. The molecule has 5 nitrogen and oxygen atoms in total. The van der Waals surface area contributed by atoms with Crippen LogP contribution in [0, 0.1) is 0 Å². The normalized spacial score (nSPS) is 13.1. The van der Waals surface area contributed by atoms with Crippen LogP contribution >= 0.6 is 0 Å². The highest BCUT2D eigenvalue weighted by atomic mass is 16.6. The predicted octanol–water partition coefficient (Wildman–Crippen LogP) is 18.0. The van der Waals surface area contributed by atoms with Crippen molar-refractivity contribution in [3.63, 3.8) is 0 Å². The lowest BCUT2D eigenvalue weighted by atomic mass is 10.1. The van der Waals surface area contributed by atoms with Crippen LogP contribution < -0.4 is 0 Å². The number of hydrogen-bond acceptors (Lipinski definition) is 5. The largest absolute Gasteiger partial charge is 0.462 e. The van der Waals surface area contributed by atoms with Gasteiger partial charge in [-0.25, -0.2) is 0 Å². The second-order valence-corrected chi connectivity index (χ2v) is 17.0. The summed E-state index contributed by atoms with van der Waals surface area (Å²) in [6, 6.07) is 0. The number of unbranched alkanes of at least 4 members (excludes halogenated alkanes) is 18. The first kappa shape index (κ1) is 60.6. The molecule has 0 N–H and O–H groups in total. The van der Waals surface area contributed by atoms with E-state index in [1.54, 1.807) is 0 Å². The topological polar surface area (TPSA) is 61.8 Å². The Morgan fingerprint density at radius 1 is 0.359 bits per heavy atom. The van der Waals surface area contributed by atoms with Gasteiger partial charge >= 0.3 is 11.9 Å². The van der Waals surface area contributed by atoms with Crippen molar-refractivity contribution in [2.75, 3.05) is 19.8 Å². The highest BCUT2D eigenvalue weighted by Gasteiger charge is 2.17. The first-order valence-electron chi connectivity index (χ1n) is 26.4. The monoisotopic (exact) mass is 887 g/mol. The van der Waals surface area contributed by atoms with Crippen LogP contribution in [0.4, 0.5) is 0 Å². The second-order valence-electron chi connectivity index (χ2n) is 17.0. The molecule has 0 amide bonds. The van der Waals surface area contributed by atoms with Gasteiger partial charge in [0.2, 0.25) is 0 Å². The smallest absolute Gasteiger partial charge is 0.306 e. The minimum Gasteiger partial charge on any atom is -0.462 e. The molecule has 0 radical (unpaired) electrons. The zero-order chi connectivity index (χ0) is 46.3. The Hall–Kier alpha value is -3.44. The van der Waals surface area contributed by atoms with E-state index >= 15 is 0 Å². The predicted molar refractivity (Wildman–Crippen MR) is 279 cm³/mol. The van der Waals surface area contributed by atoms with E-state index in [1.807, 2.05) is 0 Å². The highest BCUT2D eigenvalue weighted by molar-refractivity contribution is 5.70. The number of hydrogen-bond donors (Lipinski definition) is 0. The molecule has 0 aliphatic heterocycles. The van der Waals surface area contributed by atoms with Gasteiger partial charge in [-0.3, -0.25) is 9.59 Å². The molecule has 0 aromatic carbocycles. The molecular formula is C59H98O5. The van der Waals surface area contributed by atoms with E-state index in [0.29, 0.717) is 19.4 Å². The third kappa shape index (κ3) is 51.2. The Kier molecular flexibility index (Phi) is 51.0. The Balaban J connectivity index is 4.34. The van der Waals surface area contributed by atoms with Gasteiger partial charge in [-0.05, 0) is 116 Å². The summed E-state index contributed by atoms with van der Waals surface area (Å²) >= 11 is 0. The van der Waals surface area contributed by atoms with Crippen molar-refractivity contribution in [3.8, 4) is 0 Å². The molecule has 364 valence electrons. The van der Waals surface area contributed by atoms with Gasteiger partial charge in [-0.2, -0.15) is 0 Å². The van der Waals surface area contributed by atoms with Crippen molar-refractivity contribution in [2.45, 2.75) is 232 Å². The van der Waals surface area contributed by atoms with Crippen molar-refractivity contribution >= 4 is 11.9 Å². The van der Waals surface area contributed by atoms with Crippen LogP contribution in [0.3, 0.4) is 0 Å². The van der Waals surface area contributed by atoms with Crippen LogP contribution in [0.2, 0.25) is 0 Å². The molecular weight excluding hydrogens is 789 g/mol. The Labute approximate surface area is 395 Å². The number of esters is 2. The first-order valence-corrected chi connectivity index (χ1v) is 26.4. The summed E-state index contributed by atoms with van der Waals surface area (Å²) in [6.45, 7) is 7.51. The van der Waals surface area contributed by atoms with Crippen LogP contribution in [0.5, 0.6) is 0 Å². The average Bonchev–Trinajstić information content (AvgIpc) is 3.30. The zero-order valence-electron chi connectivity index (χ0n) is 41.8. The molecule has 0 bridgehead atoms.